The number of benzene rings is 2. The molecule has 210 valence electrons. The number of ether oxygens (including phenoxy) is 5. The van der Waals surface area contributed by atoms with E-state index in [0.29, 0.717) is 18.9 Å². The zero-order chi connectivity index (χ0) is 27.3. The van der Waals surface area contributed by atoms with E-state index in [-0.39, 0.29) is 18.2 Å². The Labute approximate surface area is 228 Å². The molecule has 0 amide bonds. The third kappa shape index (κ3) is 7.27. The highest BCUT2D eigenvalue weighted by molar-refractivity contribution is 5.38. The number of aliphatic hydroxyl groups is 1. The minimum Gasteiger partial charge on any atom is -0.497 e. The van der Waals surface area contributed by atoms with Gasteiger partial charge in [-0.3, -0.25) is 4.90 Å². The molecular weight excluding hydrogens is 482 g/mol. The molecule has 38 heavy (non-hydrogen) atoms. The lowest BCUT2D eigenvalue weighted by atomic mass is 9.95. The molecule has 0 aromatic heterocycles. The monoisotopic (exact) mass is 527 g/mol. The first-order valence-electron chi connectivity index (χ1n) is 13.9. The molecule has 2 fully saturated rings. The summed E-state index contributed by atoms with van der Waals surface area (Å²) in [4.78, 5) is 2.39. The zero-order valence-corrected chi connectivity index (χ0v) is 23.8. The molecule has 0 radical (unpaired) electrons. The van der Waals surface area contributed by atoms with Gasteiger partial charge in [-0.2, -0.15) is 0 Å². The molecule has 0 aliphatic carbocycles. The van der Waals surface area contributed by atoms with Crippen LogP contribution in [0.1, 0.15) is 70.5 Å². The first-order chi connectivity index (χ1) is 18.2. The van der Waals surface area contributed by atoms with Crippen LogP contribution in [0.25, 0.3) is 0 Å². The van der Waals surface area contributed by atoms with Gasteiger partial charge >= 0.3 is 0 Å². The second-order valence-corrected chi connectivity index (χ2v) is 11.4. The number of rotatable bonds is 13. The summed E-state index contributed by atoms with van der Waals surface area (Å²) in [6.45, 7) is 9.64. The number of unbranched alkanes of at least 4 members (excludes halogenated alkanes) is 1. The molecule has 2 aliphatic heterocycles. The molecule has 0 spiro atoms. The maximum Gasteiger partial charge on any atom is 0.187 e. The molecule has 2 aromatic rings. The Morgan fingerprint density at radius 2 is 1.50 bits per heavy atom. The van der Waals surface area contributed by atoms with Crippen molar-refractivity contribution in [3.8, 4) is 11.5 Å². The molecule has 2 aliphatic rings. The van der Waals surface area contributed by atoms with Crippen molar-refractivity contribution in [2.24, 2.45) is 5.92 Å². The third-order valence-corrected chi connectivity index (χ3v) is 7.47. The minimum absolute atomic E-state index is 0.0483. The van der Waals surface area contributed by atoms with Crippen molar-refractivity contribution >= 4 is 0 Å². The lowest BCUT2D eigenvalue weighted by molar-refractivity contribution is -0.214. The van der Waals surface area contributed by atoms with E-state index in [1.807, 2.05) is 38.1 Å². The topological polar surface area (TPSA) is 69.6 Å². The first-order valence-corrected chi connectivity index (χ1v) is 13.9. The molecule has 2 heterocycles. The number of aliphatic hydroxyl groups excluding tert-OH is 1. The lowest BCUT2D eigenvalue weighted by Crippen LogP contribution is -2.42. The van der Waals surface area contributed by atoms with Crippen molar-refractivity contribution in [2.75, 3.05) is 27.3 Å². The standard InChI is InChI=1S/C31H45NO6/c1-21(2)9-7-8-18-32(20-26(33)27-19-28-30(36-27)38-31(3,4)37-28)29(22-10-14-24(34-5)15-11-22)23-12-16-25(35-6)17-13-23/h10-17,21,26-30,33H,7-9,18-20H2,1-6H3/t26-,27+,28-,30-/m1/s1. The van der Waals surface area contributed by atoms with Crippen LogP contribution in [0.5, 0.6) is 11.5 Å². The molecule has 2 aromatic carbocycles. The SMILES string of the molecule is COc1ccc(C(c2ccc(OC)cc2)N(CCCCC(C)C)C[C@@H](O)[C@@H]2C[C@H]3OC(C)(C)O[C@H]3O2)cc1. The molecule has 7 nitrogen and oxygen atoms in total. The van der Waals surface area contributed by atoms with Crippen LogP contribution in [0.2, 0.25) is 0 Å². The van der Waals surface area contributed by atoms with Crippen LogP contribution in [0.15, 0.2) is 48.5 Å². The number of nitrogens with zero attached hydrogens (tertiary/aromatic N) is 1. The van der Waals surface area contributed by atoms with Crippen LogP contribution in [-0.2, 0) is 14.2 Å². The van der Waals surface area contributed by atoms with E-state index < -0.39 is 18.2 Å². The van der Waals surface area contributed by atoms with Gasteiger partial charge in [-0.1, -0.05) is 51.0 Å². The Morgan fingerprint density at radius 1 is 0.921 bits per heavy atom. The van der Waals surface area contributed by atoms with Crippen LogP contribution >= 0.6 is 0 Å². The summed E-state index contributed by atoms with van der Waals surface area (Å²) >= 11 is 0. The van der Waals surface area contributed by atoms with Gasteiger partial charge in [-0.15, -0.1) is 0 Å². The maximum atomic E-state index is 11.4. The minimum atomic E-state index is -0.681. The summed E-state index contributed by atoms with van der Waals surface area (Å²) in [7, 11) is 3.36. The maximum absolute atomic E-state index is 11.4. The van der Waals surface area contributed by atoms with Gasteiger partial charge in [0.1, 0.15) is 17.6 Å². The summed E-state index contributed by atoms with van der Waals surface area (Å²) in [6.07, 6.45) is 2.39. The lowest BCUT2D eigenvalue weighted by Gasteiger charge is -2.35. The van der Waals surface area contributed by atoms with Crippen LogP contribution < -0.4 is 9.47 Å². The predicted octanol–water partition coefficient (Wildman–Crippen LogP) is 5.55. The van der Waals surface area contributed by atoms with Gasteiger partial charge in [-0.25, -0.2) is 0 Å². The average molecular weight is 528 g/mol. The molecule has 2 saturated heterocycles. The highest BCUT2D eigenvalue weighted by Crippen LogP contribution is 2.39. The van der Waals surface area contributed by atoms with Crippen molar-refractivity contribution in [1.82, 2.24) is 4.90 Å². The highest BCUT2D eigenvalue weighted by atomic mass is 16.8. The quantitative estimate of drug-likeness (QED) is 0.343. The smallest absolute Gasteiger partial charge is 0.187 e. The van der Waals surface area contributed by atoms with Gasteiger partial charge < -0.3 is 28.8 Å². The number of fused-ring (bicyclic) bond motifs is 1. The van der Waals surface area contributed by atoms with Crippen LogP contribution in [0, 0.1) is 5.92 Å². The Balaban J connectivity index is 1.58. The molecule has 0 saturated carbocycles. The van der Waals surface area contributed by atoms with Gasteiger partial charge in [0.05, 0.1) is 32.5 Å². The third-order valence-electron chi connectivity index (χ3n) is 7.47. The van der Waals surface area contributed by atoms with Crippen molar-refractivity contribution in [3.63, 3.8) is 0 Å². The molecular formula is C31H45NO6. The summed E-state index contributed by atoms with van der Waals surface area (Å²) < 4.78 is 28.9. The van der Waals surface area contributed by atoms with Gasteiger partial charge in [0.25, 0.3) is 0 Å². The van der Waals surface area contributed by atoms with E-state index in [2.05, 4.69) is 43.0 Å². The van der Waals surface area contributed by atoms with Crippen molar-refractivity contribution in [2.45, 2.75) is 89.8 Å². The Bertz CT molecular complexity index is 929. The summed E-state index contributed by atoms with van der Waals surface area (Å²) in [5.74, 6) is 1.66. The average Bonchev–Trinajstić information content (AvgIpc) is 3.41. The van der Waals surface area contributed by atoms with E-state index >= 15 is 0 Å². The van der Waals surface area contributed by atoms with Gasteiger partial charge in [-0.05, 0) is 68.1 Å². The molecule has 7 heteroatoms. The van der Waals surface area contributed by atoms with Crippen LogP contribution in [0.4, 0.5) is 0 Å². The molecule has 4 atom stereocenters. The molecule has 0 bridgehead atoms. The van der Waals surface area contributed by atoms with Gasteiger partial charge in [0.15, 0.2) is 12.1 Å². The van der Waals surface area contributed by atoms with Gasteiger partial charge in [0, 0.05) is 13.0 Å². The molecule has 1 N–H and O–H groups in total. The van der Waals surface area contributed by atoms with E-state index in [9.17, 15) is 5.11 Å². The predicted molar refractivity (Wildman–Crippen MR) is 147 cm³/mol. The fraction of sp³-hybridized carbons (Fsp3) is 0.613. The first kappa shape index (κ1) is 28.8. The van der Waals surface area contributed by atoms with Crippen LogP contribution in [0.3, 0.4) is 0 Å². The summed E-state index contributed by atoms with van der Waals surface area (Å²) in [5, 5.41) is 11.4. The van der Waals surface area contributed by atoms with Gasteiger partial charge in [0.2, 0.25) is 0 Å². The van der Waals surface area contributed by atoms with Crippen molar-refractivity contribution in [3.05, 3.63) is 59.7 Å². The fourth-order valence-electron chi connectivity index (χ4n) is 5.52. The second kappa shape index (κ2) is 12.8. The van der Waals surface area contributed by atoms with Crippen molar-refractivity contribution in [1.29, 1.82) is 0 Å². The Kier molecular flexibility index (Phi) is 9.71. The fourth-order valence-corrected chi connectivity index (χ4v) is 5.52. The van der Waals surface area contributed by atoms with Crippen LogP contribution in [-0.4, -0.2) is 67.7 Å². The largest absolute Gasteiger partial charge is 0.497 e. The van der Waals surface area contributed by atoms with E-state index in [1.165, 1.54) is 6.42 Å². The second-order valence-electron chi connectivity index (χ2n) is 11.4. The Hall–Kier alpha value is -2.16. The van der Waals surface area contributed by atoms with E-state index in [4.69, 9.17) is 23.7 Å². The number of hydrogen-bond donors (Lipinski definition) is 1. The summed E-state index contributed by atoms with van der Waals surface area (Å²) in [6, 6.07) is 16.4. The zero-order valence-electron chi connectivity index (χ0n) is 23.8. The number of methoxy groups -OCH3 is 2. The molecule has 4 rings (SSSR count). The molecule has 0 unspecified atom stereocenters. The van der Waals surface area contributed by atoms with Crippen molar-refractivity contribution < 1.29 is 28.8 Å². The van der Waals surface area contributed by atoms with E-state index in [1.54, 1.807) is 14.2 Å². The number of hydrogen-bond acceptors (Lipinski definition) is 7. The highest BCUT2D eigenvalue weighted by Gasteiger charge is 2.50. The van der Waals surface area contributed by atoms with E-state index in [0.717, 1.165) is 42.0 Å². The Morgan fingerprint density at radius 3 is 2.00 bits per heavy atom. The summed E-state index contributed by atoms with van der Waals surface area (Å²) in [5.41, 5.74) is 2.29. The normalized spacial score (nSPS) is 23.3.